The first-order valence-electron chi connectivity index (χ1n) is 8.51. The minimum Gasteiger partial charge on any atom is -0.345 e. The Labute approximate surface area is 147 Å². The van der Waals surface area contributed by atoms with Crippen molar-refractivity contribution in [2.24, 2.45) is 0 Å². The van der Waals surface area contributed by atoms with Gasteiger partial charge in [0.1, 0.15) is 0 Å². The molecule has 1 heterocycles. The van der Waals surface area contributed by atoms with Gasteiger partial charge in [-0.2, -0.15) is 0 Å². The first-order chi connectivity index (χ1) is 11.8. The molecule has 1 fully saturated rings. The third kappa shape index (κ3) is 3.16. The van der Waals surface area contributed by atoms with E-state index in [9.17, 15) is 14.9 Å². The molecule has 6 heteroatoms. The fraction of sp³-hybridized carbons (Fsp3) is 0.421. The number of benzene rings is 1. The van der Waals surface area contributed by atoms with Crippen molar-refractivity contribution in [1.82, 2.24) is 9.47 Å². The molecule has 1 aromatic carbocycles. The second-order valence-corrected chi connectivity index (χ2v) is 6.83. The highest BCUT2D eigenvalue weighted by Crippen LogP contribution is 2.38. The van der Waals surface area contributed by atoms with Crippen LogP contribution >= 0.6 is 0 Å². The van der Waals surface area contributed by atoms with Gasteiger partial charge in [0.15, 0.2) is 0 Å². The number of rotatable bonds is 5. The van der Waals surface area contributed by atoms with Gasteiger partial charge in [-0.15, -0.1) is 0 Å². The molecule has 1 aromatic heterocycles. The largest absolute Gasteiger partial charge is 0.345 e. The number of aromatic nitrogens is 1. The zero-order valence-electron chi connectivity index (χ0n) is 15.0. The van der Waals surface area contributed by atoms with Crippen molar-refractivity contribution in [2.45, 2.75) is 45.7 Å². The van der Waals surface area contributed by atoms with E-state index >= 15 is 0 Å². The number of hydrogen-bond acceptors (Lipinski definition) is 3. The van der Waals surface area contributed by atoms with Gasteiger partial charge in [0, 0.05) is 36.6 Å². The lowest BCUT2D eigenvalue weighted by Gasteiger charge is -2.25. The summed E-state index contributed by atoms with van der Waals surface area (Å²) in [6, 6.07) is 8.68. The fourth-order valence-corrected chi connectivity index (χ4v) is 3.38. The molecule has 0 saturated heterocycles. The molecule has 3 rings (SSSR count). The lowest BCUT2D eigenvalue weighted by molar-refractivity contribution is -0.384. The van der Waals surface area contributed by atoms with Crippen molar-refractivity contribution in [3.63, 3.8) is 0 Å². The monoisotopic (exact) mass is 341 g/mol. The van der Waals surface area contributed by atoms with E-state index < -0.39 is 4.92 Å². The van der Waals surface area contributed by atoms with E-state index in [1.54, 1.807) is 18.0 Å². The van der Waals surface area contributed by atoms with Gasteiger partial charge in [-0.25, -0.2) is 0 Å². The highest BCUT2D eigenvalue weighted by Gasteiger charge is 2.30. The van der Waals surface area contributed by atoms with E-state index in [1.807, 2.05) is 32.9 Å². The molecular weight excluding hydrogens is 318 g/mol. The molecule has 1 aliphatic rings. The summed E-state index contributed by atoms with van der Waals surface area (Å²) in [5.41, 5.74) is 3.62. The van der Waals surface area contributed by atoms with Crippen LogP contribution in [0.25, 0.3) is 0 Å². The van der Waals surface area contributed by atoms with E-state index in [4.69, 9.17) is 0 Å². The van der Waals surface area contributed by atoms with Crippen molar-refractivity contribution in [3.8, 4) is 0 Å². The van der Waals surface area contributed by atoms with E-state index in [2.05, 4.69) is 4.57 Å². The average molecular weight is 341 g/mol. The van der Waals surface area contributed by atoms with Crippen molar-refractivity contribution in [2.75, 3.05) is 7.05 Å². The molecule has 25 heavy (non-hydrogen) atoms. The van der Waals surface area contributed by atoms with Gasteiger partial charge in [0.25, 0.3) is 11.6 Å². The first-order valence-corrected chi connectivity index (χ1v) is 8.51. The van der Waals surface area contributed by atoms with Gasteiger partial charge in [-0.1, -0.05) is 12.1 Å². The van der Waals surface area contributed by atoms with Crippen molar-refractivity contribution >= 4 is 11.6 Å². The molecule has 0 spiro atoms. The SMILES string of the molecule is Cc1cc(C(=O)N(C)[C@@H](C)c2cccc([N+](=O)[O-])c2)c(C)n1C1CC1. The molecule has 0 unspecified atom stereocenters. The fourth-order valence-electron chi connectivity index (χ4n) is 3.38. The van der Waals surface area contributed by atoms with Gasteiger partial charge >= 0.3 is 0 Å². The summed E-state index contributed by atoms with van der Waals surface area (Å²) < 4.78 is 2.25. The first kappa shape index (κ1) is 17.2. The van der Waals surface area contributed by atoms with Crippen LogP contribution in [-0.4, -0.2) is 27.3 Å². The molecule has 6 nitrogen and oxygen atoms in total. The van der Waals surface area contributed by atoms with Crippen LogP contribution in [0, 0.1) is 24.0 Å². The Balaban J connectivity index is 1.86. The Kier molecular flexibility index (Phi) is 4.37. The number of carbonyl (C=O) groups is 1. The molecule has 132 valence electrons. The van der Waals surface area contributed by atoms with E-state index in [-0.39, 0.29) is 17.6 Å². The Bertz CT molecular complexity index is 836. The highest BCUT2D eigenvalue weighted by atomic mass is 16.6. The number of nitrogens with zero attached hydrogens (tertiary/aromatic N) is 3. The summed E-state index contributed by atoms with van der Waals surface area (Å²) in [7, 11) is 1.75. The predicted octanol–water partition coefficient (Wildman–Crippen LogP) is 4.18. The zero-order chi connectivity index (χ0) is 18.3. The number of aryl methyl sites for hydroxylation is 1. The minimum atomic E-state index is -0.415. The predicted molar refractivity (Wildman–Crippen MR) is 95.8 cm³/mol. The lowest BCUT2D eigenvalue weighted by Crippen LogP contribution is -2.30. The smallest absolute Gasteiger partial charge is 0.269 e. The third-order valence-corrected chi connectivity index (χ3v) is 5.09. The Hall–Kier alpha value is -2.63. The Morgan fingerprint density at radius 3 is 2.60 bits per heavy atom. The van der Waals surface area contributed by atoms with Crippen LogP contribution in [0.4, 0.5) is 5.69 Å². The summed E-state index contributed by atoms with van der Waals surface area (Å²) in [6.07, 6.45) is 2.34. The normalized spacial score (nSPS) is 15.0. The summed E-state index contributed by atoms with van der Waals surface area (Å²) in [6.45, 7) is 5.91. The van der Waals surface area contributed by atoms with Crippen molar-refractivity contribution < 1.29 is 9.72 Å². The minimum absolute atomic E-state index is 0.0390. The number of non-ortho nitro benzene ring substituents is 1. The maximum absolute atomic E-state index is 13.0. The number of nitro groups is 1. The van der Waals surface area contributed by atoms with Gasteiger partial charge in [0.2, 0.25) is 0 Å². The Morgan fingerprint density at radius 1 is 1.32 bits per heavy atom. The maximum atomic E-state index is 13.0. The number of hydrogen-bond donors (Lipinski definition) is 0. The molecule has 1 saturated carbocycles. The van der Waals surface area contributed by atoms with Gasteiger partial charge in [-0.3, -0.25) is 14.9 Å². The zero-order valence-corrected chi connectivity index (χ0v) is 15.0. The van der Waals surface area contributed by atoms with E-state index in [1.165, 1.54) is 25.0 Å². The number of carbonyl (C=O) groups excluding carboxylic acids is 1. The van der Waals surface area contributed by atoms with Crippen LogP contribution in [-0.2, 0) is 0 Å². The molecule has 0 bridgehead atoms. The Morgan fingerprint density at radius 2 is 2.00 bits per heavy atom. The maximum Gasteiger partial charge on any atom is 0.269 e. The van der Waals surface area contributed by atoms with Gasteiger partial charge in [-0.05, 0) is 45.2 Å². The summed E-state index contributed by atoms with van der Waals surface area (Å²) in [5, 5.41) is 11.0. The molecule has 0 radical (unpaired) electrons. The topological polar surface area (TPSA) is 68.4 Å². The third-order valence-electron chi connectivity index (χ3n) is 5.09. The molecule has 0 N–H and O–H groups in total. The summed E-state index contributed by atoms with van der Waals surface area (Å²) in [4.78, 5) is 25.2. The van der Waals surface area contributed by atoms with Crippen LogP contribution < -0.4 is 0 Å². The van der Waals surface area contributed by atoms with Crippen LogP contribution in [0.15, 0.2) is 30.3 Å². The van der Waals surface area contributed by atoms with E-state index in [0.29, 0.717) is 11.6 Å². The summed E-state index contributed by atoms with van der Waals surface area (Å²) >= 11 is 0. The van der Waals surface area contributed by atoms with Gasteiger partial charge < -0.3 is 9.47 Å². The second-order valence-electron chi connectivity index (χ2n) is 6.83. The molecular formula is C19H23N3O3. The molecule has 2 aromatic rings. The number of amides is 1. The van der Waals surface area contributed by atoms with Crippen molar-refractivity contribution in [3.05, 3.63) is 63.0 Å². The van der Waals surface area contributed by atoms with Crippen LogP contribution in [0.1, 0.15) is 59.2 Å². The van der Waals surface area contributed by atoms with E-state index in [0.717, 1.165) is 17.0 Å². The standard InChI is InChI=1S/C19H23N3O3/c1-12-10-18(14(3)21(12)16-8-9-16)19(23)20(4)13(2)15-6-5-7-17(11-15)22(24)25/h5-7,10-11,13,16H,8-9H2,1-4H3/t13-/m0/s1. The average Bonchev–Trinajstić information content (AvgIpc) is 3.38. The van der Waals surface area contributed by atoms with Crippen LogP contribution in [0.3, 0.4) is 0 Å². The number of nitro benzene ring substituents is 1. The molecule has 1 atom stereocenters. The second kappa shape index (κ2) is 6.35. The van der Waals surface area contributed by atoms with Crippen LogP contribution in [0.2, 0.25) is 0 Å². The molecule has 1 amide bonds. The van der Waals surface area contributed by atoms with Gasteiger partial charge in [0.05, 0.1) is 16.5 Å². The molecule has 0 aliphatic heterocycles. The lowest BCUT2D eigenvalue weighted by atomic mass is 10.1. The van der Waals surface area contributed by atoms with Crippen LogP contribution in [0.5, 0.6) is 0 Å². The highest BCUT2D eigenvalue weighted by molar-refractivity contribution is 5.95. The quantitative estimate of drug-likeness (QED) is 0.605. The van der Waals surface area contributed by atoms with Crippen molar-refractivity contribution in [1.29, 1.82) is 0 Å². The molecule has 1 aliphatic carbocycles. The summed E-state index contributed by atoms with van der Waals surface area (Å²) in [5.74, 6) is -0.0565.